The van der Waals surface area contributed by atoms with Gasteiger partial charge in [0.05, 0.1) is 29.2 Å². The van der Waals surface area contributed by atoms with Gasteiger partial charge in [0.1, 0.15) is 28.1 Å². The number of alkyl halides is 3. The van der Waals surface area contributed by atoms with Crippen LogP contribution in [0.25, 0.3) is 22.6 Å². The number of fused-ring (bicyclic) bond motifs is 1. The average Bonchev–Trinajstić information content (AvgIpc) is 3.01. The molecular formula is C17H14F3N5O3S. The lowest BCUT2D eigenvalue weighted by molar-refractivity contribution is -0.141. The van der Waals surface area contributed by atoms with Gasteiger partial charge in [0.2, 0.25) is 0 Å². The first-order chi connectivity index (χ1) is 13.6. The Hall–Kier alpha value is -3.20. The quantitative estimate of drug-likeness (QED) is 0.618. The van der Waals surface area contributed by atoms with Crippen LogP contribution in [0.15, 0.2) is 29.4 Å². The van der Waals surface area contributed by atoms with Crippen LogP contribution in [0.5, 0.6) is 5.75 Å². The lowest BCUT2D eigenvalue weighted by Gasteiger charge is -2.11. The van der Waals surface area contributed by atoms with E-state index >= 15 is 0 Å². The van der Waals surface area contributed by atoms with Crippen molar-refractivity contribution in [3.63, 3.8) is 0 Å². The second-order valence-corrected chi connectivity index (χ2v) is 8.17. The number of nitrogens with zero attached hydrogens (tertiary/aromatic N) is 5. The van der Waals surface area contributed by atoms with Crippen LogP contribution in [0.2, 0.25) is 0 Å². The maximum atomic E-state index is 12.9. The minimum atomic E-state index is -4.64. The number of aromatic nitrogens is 4. The zero-order valence-corrected chi connectivity index (χ0v) is 16.0. The van der Waals surface area contributed by atoms with Crippen molar-refractivity contribution in [2.24, 2.45) is 7.05 Å². The second kappa shape index (κ2) is 7.32. The molecule has 0 aliphatic carbocycles. The third kappa shape index (κ3) is 3.86. The van der Waals surface area contributed by atoms with Gasteiger partial charge >= 0.3 is 6.18 Å². The molecule has 0 amide bonds. The molecule has 0 saturated carbocycles. The SMILES string of the molecule is CCS(=O)(=O)c1cc(OCC#N)cnc1-c1nc2cc(C(F)(F)F)ncc2n1C. The van der Waals surface area contributed by atoms with Crippen LogP contribution in [-0.2, 0) is 23.1 Å². The molecule has 0 fully saturated rings. The molecule has 3 heterocycles. The lowest BCUT2D eigenvalue weighted by Crippen LogP contribution is -2.09. The van der Waals surface area contributed by atoms with E-state index in [1.807, 2.05) is 0 Å². The van der Waals surface area contributed by atoms with E-state index in [0.717, 1.165) is 12.3 Å². The Morgan fingerprint density at radius 3 is 2.59 bits per heavy atom. The predicted octanol–water partition coefficient (Wildman–Crippen LogP) is 2.75. The second-order valence-electron chi connectivity index (χ2n) is 5.92. The molecule has 3 aromatic rings. The van der Waals surface area contributed by atoms with Gasteiger partial charge in [0, 0.05) is 13.1 Å². The fourth-order valence-corrected chi connectivity index (χ4v) is 3.68. The minimum absolute atomic E-state index is 0.00345. The highest BCUT2D eigenvalue weighted by Crippen LogP contribution is 2.33. The third-order valence-electron chi connectivity index (χ3n) is 4.12. The fraction of sp³-hybridized carbons (Fsp3) is 0.294. The maximum absolute atomic E-state index is 12.9. The van der Waals surface area contributed by atoms with Crippen molar-refractivity contribution in [3.8, 4) is 23.3 Å². The molecule has 152 valence electrons. The molecule has 0 bridgehead atoms. The Bertz CT molecular complexity index is 1230. The Morgan fingerprint density at radius 2 is 1.97 bits per heavy atom. The molecule has 12 heteroatoms. The highest BCUT2D eigenvalue weighted by molar-refractivity contribution is 7.91. The Labute approximate surface area is 163 Å². The standard InChI is InChI=1S/C17H14F3N5O3S/c1-3-29(26,27)13-6-10(28-5-4-21)8-23-15(13)16-24-11-7-14(17(18,19)20)22-9-12(11)25(16)2/h6-9H,3,5H2,1-2H3. The number of aryl methyl sites for hydroxylation is 1. The summed E-state index contributed by atoms with van der Waals surface area (Å²) in [6, 6.07) is 3.77. The number of sulfone groups is 1. The van der Waals surface area contributed by atoms with Gasteiger partial charge in [0.25, 0.3) is 0 Å². The zero-order valence-electron chi connectivity index (χ0n) is 15.2. The molecule has 0 unspecified atom stereocenters. The minimum Gasteiger partial charge on any atom is -0.477 e. The predicted molar refractivity (Wildman–Crippen MR) is 95.6 cm³/mol. The van der Waals surface area contributed by atoms with Crippen molar-refractivity contribution >= 4 is 20.9 Å². The summed E-state index contributed by atoms with van der Waals surface area (Å²) >= 11 is 0. The molecule has 0 N–H and O–H groups in total. The molecule has 0 aliphatic rings. The monoisotopic (exact) mass is 425 g/mol. The molecule has 3 rings (SSSR count). The topological polar surface area (TPSA) is 111 Å². The van der Waals surface area contributed by atoms with E-state index in [-0.39, 0.29) is 45.6 Å². The van der Waals surface area contributed by atoms with Crippen LogP contribution in [0.1, 0.15) is 12.6 Å². The highest BCUT2D eigenvalue weighted by atomic mass is 32.2. The molecule has 0 aromatic carbocycles. The van der Waals surface area contributed by atoms with Crippen LogP contribution in [0, 0.1) is 11.3 Å². The average molecular weight is 425 g/mol. The Kier molecular flexibility index (Phi) is 5.18. The maximum Gasteiger partial charge on any atom is 0.433 e. The number of halogens is 3. The Balaban J connectivity index is 2.23. The number of hydrogen-bond donors (Lipinski definition) is 0. The van der Waals surface area contributed by atoms with Gasteiger partial charge in [0.15, 0.2) is 22.3 Å². The summed E-state index contributed by atoms with van der Waals surface area (Å²) in [6.45, 7) is 1.14. The molecule has 29 heavy (non-hydrogen) atoms. The van der Waals surface area contributed by atoms with Crippen LogP contribution in [0.3, 0.4) is 0 Å². The van der Waals surface area contributed by atoms with E-state index in [1.165, 1.54) is 30.8 Å². The summed E-state index contributed by atoms with van der Waals surface area (Å²) in [5.74, 6) is -0.116. The van der Waals surface area contributed by atoms with Crippen molar-refractivity contribution in [1.29, 1.82) is 5.26 Å². The summed E-state index contributed by atoms with van der Waals surface area (Å²) in [5, 5.41) is 8.62. The third-order valence-corrected chi connectivity index (χ3v) is 5.86. The van der Waals surface area contributed by atoms with E-state index in [2.05, 4.69) is 15.0 Å². The molecule has 0 radical (unpaired) electrons. The number of ether oxygens (including phenoxy) is 1. The number of pyridine rings is 2. The van der Waals surface area contributed by atoms with Crippen LogP contribution in [0.4, 0.5) is 13.2 Å². The number of nitriles is 1. The van der Waals surface area contributed by atoms with Crippen LogP contribution in [-0.4, -0.2) is 40.3 Å². The van der Waals surface area contributed by atoms with Gasteiger partial charge < -0.3 is 9.30 Å². The molecule has 3 aromatic heterocycles. The molecule has 0 saturated heterocycles. The molecule has 8 nitrogen and oxygen atoms in total. The first-order valence-corrected chi connectivity index (χ1v) is 9.86. The van der Waals surface area contributed by atoms with E-state index in [9.17, 15) is 21.6 Å². The summed E-state index contributed by atoms with van der Waals surface area (Å²) in [6.07, 6.45) is -2.40. The summed E-state index contributed by atoms with van der Waals surface area (Å²) in [7, 11) is -2.27. The smallest absolute Gasteiger partial charge is 0.433 e. The first kappa shape index (κ1) is 20.5. The number of imidazole rings is 1. The highest BCUT2D eigenvalue weighted by Gasteiger charge is 2.33. The zero-order chi connectivity index (χ0) is 21.4. The molecule has 0 atom stereocenters. The Morgan fingerprint density at radius 1 is 1.24 bits per heavy atom. The van der Waals surface area contributed by atoms with Crippen LogP contribution >= 0.6 is 0 Å². The van der Waals surface area contributed by atoms with Gasteiger partial charge in [-0.1, -0.05) is 6.92 Å². The van der Waals surface area contributed by atoms with Gasteiger partial charge in [-0.2, -0.15) is 18.4 Å². The van der Waals surface area contributed by atoms with Crippen molar-refractivity contribution in [2.75, 3.05) is 12.4 Å². The van der Waals surface area contributed by atoms with Gasteiger partial charge in [-0.05, 0) is 6.07 Å². The van der Waals surface area contributed by atoms with Crippen molar-refractivity contribution < 1.29 is 26.3 Å². The normalized spacial score (nSPS) is 12.1. The van der Waals surface area contributed by atoms with E-state index in [1.54, 1.807) is 6.07 Å². The number of rotatable bonds is 5. The molecule has 0 spiro atoms. The largest absolute Gasteiger partial charge is 0.477 e. The summed E-state index contributed by atoms with van der Waals surface area (Å²) < 4.78 is 70.5. The van der Waals surface area contributed by atoms with Gasteiger partial charge in [-0.25, -0.2) is 23.4 Å². The van der Waals surface area contributed by atoms with E-state index in [4.69, 9.17) is 10.00 Å². The van der Waals surface area contributed by atoms with Crippen LogP contribution < -0.4 is 4.74 Å². The van der Waals surface area contributed by atoms with Crippen molar-refractivity contribution in [1.82, 2.24) is 19.5 Å². The fourth-order valence-electron chi connectivity index (χ4n) is 2.64. The molecular weight excluding hydrogens is 411 g/mol. The lowest BCUT2D eigenvalue weighted by atomic mass is 10.3. The van der Waals surface area contributed by atoms with Crippen molar-refractivity contribution in [3.05, 3.63) is 30.2 Å². The first-order valence-electron chi connectivity index (χ1n) is 8.21. The number of hydrogen-bond acceptors (Lipinski definition) is 7. The van der Waals surface area contributed by atoms with Crippen molar-refractivity contribution in [2.45, 2.75) is 18.0 Å². The van der Waals surface area contributed by atoms with E-state index in [0.29, 0.717) is 0 Å². The summed E-state index contributed by atoms with van der Waals surface area (Å²) in [4.78, 5) is 11.5. The molecule has 0 aliphatic heterocycles. The van der Waals surface area contributed by atoms with Gasteiger partial charge in [-0.15, -0.1) is 0 Å². The van der Waals surface area contributed by atoms with Gasteiger partial charge in [-0.3, -0.25) is 0 Å². The van der Waals surface area contributed by atoms with E-state index < -0.39 is 21.7 Å². The summed E-state index contributed by atoms with van der Waals surface area (Å²) in [5.41, 5.74) is -0.872.